The van der Waals surface area contributed by atoms with E-state index >= 15 is 0 Å². The molecule has 0 spiro atoms. The molecule has 27 heavy (non-hydrogen) atoms. The number of carbonyl (C=O) groups is 1. The molecular formula is C19H28O6S2. The van der Waals surface area contributed by atoms with Gasteiger partial charge in [0.1, 0.15) is 5.60 Å². The lowest BCUT2D eigenvalue weighted by atomic mass is 9.98. The largest absolute Gasteiger partial charge is 0.458 e. The van der Waals surface area contributed by atoms with E-state index in [0.29, 0.717) is 6.42 Å². The van der Waals surface area contributed by atoms with Crippen LogP contribution in [0.5, 0.6) is 0 Å². The standard InChI is InChI=1S/C19H28O6S2/c1-5-19(12-6-7-13-19)25-17(20)18(3,26(4)21)14-24-27(22,23)16-10-8-15(2)9-11-16/h8-11H,5-7,12-14H2,1-4H3. The zero-order valence-corrected chi connectivity index (χ0v) is 18.0. The van der Waals surface area contributed by atoms with Crippen LogP contribution in [0.15, 0.2) is 29.2 Å². The lowest BCUT2D eigenvalue weighted by Gasteiger charge is -2.33. The van der Waals surface area contributed by atoms with Crippen molar-refractivity contribution in [1.29, 1.82) is 0 Å². The average molecular weight is 417 g/mol. The van der Waals surface area contributed by atoms with Gasteiger partial charge in [0.15, 0.2) is 4.75 Å². The SMILES string of the molecule is CCC1(OC(=O)C(C)(COS(=O)(=O)c2ccc(C)cc2)S(C)=O)CCCC1. The van der Waals surface area contributed by atoms with Crippen LogP contribution < -0.4 is 0 Å². The first kappa shape index (κ1) is 22.0. The van der Waals surface area contributed by atoms with Gasteiger partial charge in [0.05, 0.1) is 11.5 Å². The number of rotatable bonds is 8. The molecule has 0 N–H and O–H groups in total. The molecule has 0 heterocycles. The van der Waals surface area contributed by atoms with E-state index in [9.17, 15) is 17.4 Å². The molecule has 0 aromatic heterocycles. The quantitative estimate of drug-likeness (QED) is 0.478. The van der Waals surface area contributed by atoms with Gasteiger partial charge in [-0.15, -0.1) is 0 Å². The molecule has 1 aromatic carbocycles. The first-order valence-corrected chi connectivity index (χ1v) is 12.0. The molecule has 152 valence electrons. The molecule has 6 nitrogen and oxygen atoms in total. The average Bonchev–Trinajstić information content (AvgIpc) is 3.09. The number of aryl methyl sites for hydroxylation is 1. The summed E-state index contributed by atoms with van der Waals surface area (Å²) in [6.45, 7) is 4.69. The Morgan fingerprint density at radius 3 is 2.26 bits per heavy atom. The van der Waals surface area contributed by atoms with Crippen molar-refractivity contribution >= 4 is 26.9 Å². The summed E-state index contributed by atoms with van der Waals surface area (Å²) in [5.41, 5.74) is 0.367. The van der Waals surface area contributed by atoms with Crippen molar-refractivity contribution in [3.63, 3.8) is 0 Å². The van der Waals surface area contributed by atoms with Crippen molar-refractivity contribution in [2.75, 3.05) is 12.9 Å². The minimum absolute atomic E-state index is 0.00785. The lowest BCUT2D eigenvalue weighted by molar-refractivity contribution is -0.163. The van der Waals surface area contributed by atoms with Gasteiger partial charge in [0.2, 0.25) is 0 Å². The van der Waals surface area contributed by atoms with Crippen molar-refractivity contribution in [3.8, 4) is 0 Å². The Balaban J connectivity index is 2.17. The normalized spacial score (nSPS) is 20.0. The van der Waals surface area contributed by atoms with E-state index in [1.165, 1.54) is 25.3 Å². The summed E-state index contributed by atoms with van der Waals surface area (Å²) in [5, 5.41) is 0. The van der Waals surface area contributed by atoms with Crippen LogP contribution in [0.25, 0.3) is 0 Å². The zero-order chi connectivity index (χ0) is 20.3. The van der Waals surface area contributed by atoms with Crippen molar-refractivity contribution in [3.05, 3.63) is 29.8 Å². The third-order valence-electron chi connectivity index (χ3n) is 5.33. The molecule has 1 aromatic rings. The summed E-state index contributed by atoms with van der Waals surface area (Å²) < 4.78 is 46.5. The maximum absolute atomic E-state index is 12.8. The number of hydrogen-bond acceptors (Lipinski definition) is 6. The molecule has 0 aliphatic heterocycles. The van der Waals surface area contributed by atoms with Gasteiger partial charge >= 0.3 is 5.97 Å². The van der Waals surface area contributed by atoms with E-state index < -0.39 is 43.8 Å². The van der Waals surface area contributed by atoms with Crippen LogP contribution in [0.3, 0.4) is 0 Å². The Morgan fingerprint density at radius 2 is 1.78 bits per heavy atom. The second-order valence-electron chi connectivity index (χ2n) is 7.35. The Kier molecular flexibility index (Phi) is 6.86. The molecule has 0 amide bonds. The minimum Gasteiger partial charge on any atom is -0.458 e. The summed E-state index contributed by atoms with van der Waals surface area (Å²) in [4.78, 5) is 12.8. The zero-order valence-electron chi connectivity index (χ0n) is 16.3. The number of benzene rings is 1. The third kappa shape index (κ3) is 4.97. The Hall–Kier alpha value is -1.25. The smallest absolute Gasteiger partial charge is 0.327 e. The summed E-state index contributed by atoms with van der Waals surface area (Å²) in [6.07, 6.45) is 5.52. The highest BCUT2D eigenvalue weighted by atomic mass is 32.2. The Labute approximate surface area is 164 Å². The number of hydrogen-bond donors (Lipinski definition) is 0. The van der Waals surface area contributed by atoms with Crippen LogP contribution in [-0.4, -0.2) is 41.8 Å². The molecule has 0 saturated heterocycles. The maximum Gasteiger partial charge on any atom is 0.327 e. The predicted molar refractivity (Wildman–Crippen MR) is 104 cm³/mol. The van der Waals surface area contributed by atoms with Gasteiger partial charge in [0, 0.05) is 17.1 Å². The van der Waals surface area contributed by atoms with Gasteiger partial charge < -0.3 is 4.74 Å². The van der Waals surface area contributed by atoms with E-state index in [0.717, 1.165) is 31.2 Å². The second kappa shape index (κ2) is 8.41. The molecule has 1 saturated carbocycles. The maximum atomic E-state index is 12.8. The molecule has 1 fully saturated rings. The minimum atomic E-state index is -4.07. The van der Waals surface area contributed by atoms with Gasteiger partial charge in [-0.1, -0.05) is 24.6 Å². The summed E-state index contributed by atoms with van der Waals surface area (Å²) >= 11 is 0. The van der Waals surface area contributed by atoms with E-state index in [4.69, 9.17) is 8.92 Å². The summed E-state index contributed by atoms with van der Waals surface area (Å²) in [7, 11) is -5.75. The molecular weight excluding hydrogens is 388 g/mol. The van der Waals surface area contributed by atoms with Crippen molar-refractivity contribution in [2.24, 2.45) is 0 Å². The monoisotopic (exact) mass is 416 g/mol. The molecule has 2 atom stereocenters. The fourth-order valence-electron chi connectivity index (χ4n) is 3.07. The van der Waals surface area contributed by atoms with E-state index in [-0.39, 0.29) is 4.90 Å². The molecule has 8 heteroatoms. The van der Waals surface area contributed by atoms with Crippen molar-refractivity contribution < 1.29 is 26.3 Å². The van der Waals surface area contributed by atoms with Crippen LogP contribution in [0, 0.1) is 6.92 Å². The lowest BCUT2D eigenvalue weighted by Crippen LogP contribution is -2.49. The molecule has 0 bridgehead atoms. The molecule has 1 aliphatic carbocycles. The topological polar surface area (TPSA) is 86.7 Å². The first-order chi connectivity index (χ1) is 12.5. The number of ether oxygens (including phenoxy) is 1. The predicted octanol–water partition coefficient (Wildman–Crippen LogP) is 3.10. The first-order valence-electron chi connectivity index (χ1n) is 9.08. The van der Waals surface area contributed by atoms with E-state index in [2.05, 4.69) is 0 Å². The second-order valence-corrected chi connectivity index (χ2v) is 10.8. The van der Waals surface area contributed by atoms with E-state index in [1.807, 2.05) is 13.8 Å². The van der Waals surface area contributed by atoms with Crippen LogP contribution in [-0.2, 0) is 34.6 Å². The highest BCUT2D eigenvalue weighted by Gasteiger charge is 2.46. The van der Waals surface area contributed by atoms with Crippen LogP contribution in [0.4, 0.5) is 0 Å². The molecule has 2 unspecified atom stereocenters. The van der Waals surface area contributed by atoms with Crippen molar-refractivity contribution in [1.82, 2.24) is 0 Å². The van der Waals surface area contributed by atoms with Crippen LogP contribution in [0.2, 0.25) is 0 Å². The van der Waals surface area contributed by atoms with Gasteiger partial charge in [-0.05, 0) is 58.1 Å². The summed E-state index contributed by atoms with van der Waals surface area (Å²) in [6, 6.07) is 6.20. The molecule has 2 rings (SSSR count). The van der Waals surface area contributed by atoms with Crippen LogP contribution >= 0.6 is 0 Å². The Morgan fingerprint density at radius 1 is 1.22 bits per heavy atom. The van der Waals surface area contributed by atoms with Crippen LogP contribution in [0.1, 0.15) is 51.5 Å². The molecule has 0 radical (unpaired) electrons. The number of esters is 1. The Bertz CT molecular complexity index is 794. The van der Waals surface area contributed by atoms with Gasteiger partial charge in [-0.3, -0.25) is 13.2 Å². The highest BCUT2D eigenvalue weighted by molar-refractivity contribution is 7.87. The van der Waals surface area contributed by atoms with Gasteiger partial charge in [-0.25, -0.2) is 0 Å². The summed E-state index contributed by atoms with van der Waals surface area (Å²) in [5.74, 6) is -0.675. The third-order valence-corrected chi connectivity index (χ3v) is 8.16. The fraction of sp³-hybridized carbons (Fsp3) is 0.632. The van der Waals surface area contributed by atoms with Gasteiger partial charge in [0.25, 0.3) is 10.1 Å². The highest BCUT2D eigenvalue weighted by Crippen LogP contribution is 2.37. The van der Waals surface area contributed by atoms with Gasteiger partial charge in [-0.2, -0.15) is 8.42 Å². The number of carbonyl (C=O) groups excluding carboxylic acids is 1. The van der Waals surface area contributed by atoms with E-state index in [1.54, 1.807) is 12.1 Å². The molecule has 1 aliphatic rings. The fourth-order valence-corrected chi connectivity index (χ4v) is 4.65. The van der Waals surface area contributed by atoms with Crippen molar-refractivity contribution in [2.45, 2.75) is 68.1 Å².